The molecule has 0 radical (unpaired) electrons. The van der Waals surface area contributed by atoms with Crippen molar-refractivity contribution in [2.24, 2.45) is 0 Å². The average molecular weight is 534 g/mol. The molecule has 1 unspecified atom stereocenters. The van der Waals surface area contributed by atoms with Crippen LogP contribution < -0.4 is 15.4 Å². The molecule has 0 aliphatic carbocycles. The molecule has 11 nitrogen and oxygen atoms in total. The van der Waals surface area contributed by atoms with Crippen molar-refractivity contribution in [2.45, 2.75) is 77.2 Å². The summed E-state index contributed by atoms with van der Waals surface area (Å²) in [6.45, 7) is 2.80. The van der Waals surface area contributed by atoms with E-state index in [4.69, 9.17) is 14.6 Å². The molecular weight excluding hydrogens is 494 g/mol. The first-order valence-corrected chi connectivity index (χ1v) is 13.0. The molecule has 0 fully saturated rings. The van der Waals surface area contributed by atoms with Crippen LogP contribution in [0.5, 0.6) is 5.75 Å². The van der Waals surface area contributed by atoms with Crippen molar-refractivity contribution in [1.29, 1.82) is 0 Å². The van der Waals surface area contributed by atoms with Crippen LogP contribution in [0.1, 0.15) is 91.8 Å². The van der Waals surface area contributed by atoms with Gasteiger partial charge in [-0.2, -0.15) is 0 Å². The fraction of sp³-hybridized carbons (Fsp3) is 0.556. The first-order valence-electron chi connectivity index (χ1n) is 13.0. The maximum atomic E-state index is 13.1. The third-order valence-corrected chi connectivity index (χ3v) is 5.99. The van der Waals surface area contributed by atoms with Crippen LogP contribution in [0.2, 0.25) is 0 Å². The second kappa shape index (κ2) is 18.5. The molecule has 0 spiro atoms. The van der Waals surface area contributed by atoms with E-state index in [2.05, 4.69) is 17.6 Å². The quantitative estimate of drug-likeness (QED) is 0.157. The number of nitrogens with one attached hydrogen (secondary N) is 2. The minimum absolute atomic E-state index is 0.0375. The summed E-state index contributed by atoms with van der Waals surface area (Å²) in [5.41, 5.74) is 0.259. The van der Waals surface area contributed by atoms with E-state index in [0.29, 0.717) is 25.7 Å². The Morgan fingerprint density at radius 1 is 1.05 bits per heavy atom. The third-order valence-electron chi connectivity index (χ3n) is 5.99. The number of rotatable bonds is 17. The number of benzene rings is 1. The maximum Gasteiger partial charge on any atom is 0.290 e. The lowest BCUT2D eigenvalue weighted by molar-refractivity contribution is -0.125. The lowest BCUT2D eigenvalue weighted by Gasteiger charge is -2.24. The number of likely N-dealkylation sites (N-methyl/N-ethyl adjacent to an activating group) is 1. The van der Waals surface area contributed by atoms with Crippen LogP contribution in [0.4, 0.5) is 0 Å². The highest BCUT2D eigenvalue weighted by Crippen LogP contribution is 2.33. The molecule has 1 aromatic carbocycles. The van der Waals surface area contributed by atoms with Crippen molar-refractivity contribution < 1.29 is 38.6 Å². The predicted octanol–water partition coefficient (Wildman–Crippen LogP) is 2.71. The summed E-state index contributed by atoms with van der Waals surface area (Å²) in [6.07, 6.45) is 8.46. The van der Waals surface area contributed by atoms with Gasteiger partial charge in [-0.3, -0.25) is 28.9 Å². The smallest absolute Gasteiger partial charge is 0.290 e. The second-order valence-electron chi connectivity index (χ2n) is 8.71. The van der Waals surface area contributed by atoms with Gasteiger partial charge in [-0.05, 0) is 31.4 Å². The molecule has 0 bridgehead atoms. The molecule has 1 heterocycles. The summed E-state index contributed by atoms with van der Waals surface area (Å²) in [6, 6.07) is 3.63. The van der Waals surface area contributed by atoms with Gasteiger partial charge in [0.2, 0.25) is 11.8 Å². The molecule has 0 aromatic heterocycles. The van der Waals surface area contributed by atoms with Crippen LogP contribution in [-0.4, -0.2) is 72.6 Å². The second-order valence-corrected chi connectivity index (χ2v) is 8.71. The number of hydrogen-bond donors (Lipinski definition) is 3. The van der Waals surface area contributed by atoms with Crippen LogP contribution >= 0.6 is 0 Å². The Balaban J connectivity index is 0.00000229. The van der Waals surface area contributed by atoms with Gasteiger partial charge in [-0.1, -0.05) is 45.1 Å². The van der Waals surface area contributed by atoms with E-state index in [9.17, 15) is 24.0 Å². The zero-order valence-corrected chi connectivity index (χ0v) is 22.2. The van der Waals surface area contributed by atoms with E-state index in [1.807, 2.05) is 0 Å². The molecular formula is C27H39N3O8. The van der Waals surface area contributed by atoms with Crippen molar-refractivity contribution >= 4 is 36.4 Å². The third kappa shape index (κ3) is 9.95. The van der Waals surface area contributed by atoms with Crippen molar-refractivity contribution in [3.05, 3.63) is 29.3 Å². The van der Waals surface area contributed by atoms with Crippen molar-refractivity contribution in [2.75, 3.05) is 20.2 Å². The average Bonchev–Trinajstić information content (AvgIpc) is 3.17. The van der Waals surface area contributed by atoms with E-state index >= 15 is 0 Å². The van der Waals surface area contributed by atoms with Gasteiger partial charge in [-0.25, -0.2) is 0 Å². The number of amides is 4. The van der Waals surface area contributed by atoms with Crippen molar-refractivity contribution in [3.63, 3.8) is 0 Å². The highest BCUT2D eigenvalue weighted by molar-refractivity contribution is 6.24. The van der Waals surface area contributed by atoms with Gasteiger partial charge in [0.25, 0.3) is 18.3 Å². The number of ether oxygens (including phenoxy) is 1. The zero-order valence-electron chi connectivity index (χ0n) is 22.2. The maximum absolute atomic E-state index is 13.1. The fourth-order valence-electron chi connectivity index (χ4n) is 4.08. The highest BCUT2D eigenvalue weighted by Gasteiger charge is 2.44. The number of aldehydes is 1. The number of carbonyl (C=O) groups excluding carboxylic acids is 5. The van der Waals surface area contributed by atoms with Gasteiger partial charge >= 0.3 is 0 Å². The van der Waals surface area contributed by atoms with Gasteiger partial charge in [0.05, 0.1) is 17.7 Å². The first-order chi connectivity index (χ1) is 18.4. The summed E-state index contributed by atoms with van der Waals surface area (Å²) in [5.74, 6) is -1.54. The largest absolute Gasteiger partial charge is 0.493 e. The standard InChI is InChI=1S/C26H37N3O6.CH2O2/c1-3-4-5-6-7-8-16-28-22(31)15-11-18-35-21-14-9-12-19-23(21)26(34)29(25(19)33)20(13-10-17-30)24(32)27-2;2-1-3/h9,12,14,17,20H,3-8,10-11,13,15-16,18H2,1-2H3,(H,27,32)(H,28,31);1H,(H,2,3). The normalized spacial score (nSPS) is 12.6. The molecule has 4 amide bonds. The molecule has 1 aromatic rings. The van der Waals surface area contributed by atoms with Crippen LogP contribution in [0, 0.1) is 0 Å². The van der Waals surface area contributed by atoms with Crippen LogP contribution in [-0.2, 0) is 19.2 Å². The van der Waals surface area contributed by atoms with Crippen molar-refractivity contribution in [3.8, 4) is 5.75 Å². The summed E-state index contributed by atoms with van der Waals surface area (Å²) < 4.78 is 5.76. The number of carbonyl (C=O) groups is 6. The molecule has 210 valence electrons. The topological polar surface area (TPSA) is 159 Å². The first kappa shape index (κ1) is 32.3. The minimum Gasteiger partial charge on any atom is -0.493 e. The van der Waals surface area contributed by atoms with E-state index in [1.165, 1.54) is 38.8 Å². The lowest BCUT2D eigenvalue weighted by atomic mass is 10.1. The molecule has 1 atom stereocenters. The van der Waals surface area contributed by atoms with Gasteiger partial charge in [0.1, 0.15) is 18.1 Å². The van der Waals surface area contributed by atoms with Crippen molar-refractivity contribution in [1.82, 2.24) is 15.5 Å². The SMILES string of the molecule is CCCCCCCCNC(=O)CCCOc1cccc2c1C(=O)N(C(CCC=O)C(=O)NC)C2=O.O=CO. The van der Waals surface area contributed by atoms with Crippen LogP contribution in [0.3, 0.4) is 0 Å². The molecule has 2 rings (SSSR count). The molecule has 1 aliphatic rings. The number of imide groups is 1. The molecule has 38 heavy (non-hydrogen) atoms. The Morgan fingerprint density at radius 2 is 1.74 bits per heavy atom. The van der Waals surface area contributed by atoms with Gasteiger partial charge in [0, 0.05) is 26.4 Å². The van der Waals surface area contributed by atoms with Gasteiger partial charge in [-0.15, -0.1) is 0 Å². The van der Waals surface area contributed by atoms with E-state index in [-0.39, 0.29) is 48.7 Å². The van der Waals surface area contributed by atoms with Crippen LogP contribution in [0.15, 0.2) is 18.2 Å². The molecule has 3 N–H and O–H groups in total. The molecule has 11 heteroatoms. The van der Waals surface area contributed by atoms with Crippen LogP contribution in [0.25, 0.3) is 0 Å². The fourth-order valence-corrected chi connectivity index (χ4v) is 4.08. The Hall–Kier alpha value is -3.76. The lowest BCUT2D eigenvalue weighted by Crippen LogP contribution is -2.48. The summed E-state index contributed by atoms with van der Waals surface area (Å²) in [7, 11) is 1.41. The van der Waals surface area contributed by atoms with Gasteiger partial charge in [0.15, 0.2) is 0 Å². The highest BCUT2D eigenvalue weighted by atomic mass is 16.5. The number of nitrogens with zero attached hydrogens (tertiary/aromatic N) is 1. The number of carboxylic acid groups (broad SMARTS) is 1. The molecule has 1 aliphatic heterocycles. The Labute approximate surface area is 223 Å². The summed E-state index contributed by atoms with van der Waals surface area (Å²) in [5, 5.41) is 12.2. The van der Waals surface area contributed by atoms with E-state index in [0.717, 1.165) is 17.7 Å². The molecule has 0 saturated heterocycles. The van der Waals surface area contributed by atoms with Gasteiger partial charge < -0.3 is 25.3 Å². The Kier molecular flexibility index (Phi) is 15.7. The zero-order chi connectivity index (χ0) is 28.3. The Morgan fingerprint density at radius 3 is 2.39 bits per heavy atom. The summed E-state index contributed by atoms with van der Waals surface area (Å²) >= 11 is 0. The minimum atomic E-state index is -1.08. The number of fused-ring (bicyclic) bond motifs is 1. The number of hydrogen-bond acceptors (Lipinski definition) is 7. The Bertz CT molecular complexity index is 950. The molecule has 0 saturated carbocycles. The monoisotopic (exact) mass is 533 g/mol. The van der Waals surface area contributed by atoms with E-state index in [1.54, 1.807) is 12.1 Å². The van der Waals surface area contributed by atoms with E-state index < -0.39 is 23.8 Å². The number of unbranched alkanes of at least 4 members (excludes halogenated alkanes) is 5. The summed E-state index contributed by atoms with van der Waals surface area (Å²) in [4.78, 5) is 70.5. The predicted molar refractivity (Wildman–Crippen MR) is 140 cm³/mol.